The first-order valence-electron chi connectivity index (χ1n) is 9.39. The number of ether oxygens (including phenoxy) is 1. The van der Waals surface area contributed by atoms with E-state index < -0.39 is 0 Å². The summed E-state index contributed by atoms with van der Waals surface area (Å²) in [6, 6.07) is 20.2. The number of hydrogen-bond acceptors (Lipinski definition) is 4. The predicted molar refractivity (Wildman–Crippen MR) is 104 cm³/mol. The molecule has 1 atom stereocenters. The molecule has 1 heterocycles. The summed E-state index contributed by atoms with van der Waals surface area (Å²) in [4.78, 5) is 16.1. The van der Waals surface area contributed by atoms with Crippen LogP contribution < -0.4 is 0 Å². The van der Waals surface area contributed by atoms with Crippen LogP contribution in [0.1, 0.15) is 30.0 Å². The highest BCUT2D eigenvalue weighted by Crippen LogP contribution is 2.18. The first-order valence-corrected chi connectivity index (χ1v) is 9.39. The highest BCUT2D eigenvalue weighted by molar-refractivity contribution is 5.68. The van der Waals surface area contributed by atoms with Crippen molar-refractivity contribution in [3.05, 3.63) is 71.3 Å². The van der Waals surface area contributed by atoms with Gasteiger partial charge in [-0.15, -0.1) is 0 Å². The molecule has 0 spiro atoms. The van der Waals surface area contributed by atoms with Crippen molar-refractivity contribution in [2.45, 2.75) is 32.5 Å². The number of cyclic esters (lactones) is 1. The van der Waals surface area contributed by atoms with Gasteiger partial charge in [-0.2, -0.15) is 5.26 Å². The SMILES string of the molecule is CCN1CC[C@@H](CN(Cc2ccccc2)Cc2ccccc2C#N)OC1=O. The van der Waals surface area contributed by atoms with E-state index >= 15 is 0 Å². The molecule has 1 fully saturated rings. The minimum Gasteiger partial charge on any atom is -0.445 e. The zero-order chi connectivity index (χ0) is 19.1. The summed E-state index contributed by atoms with van der Waals surface area (Å²) in [6.07, 6.45) is 0.467. The van der Waals surface area contributed by atoms with E-state index in [1.807, 2.05) is 49.4 Å². The number of nitriles is 1. The lowest BCUT2D eigenvalue weighted by Gasteiger charge is -2.34. The standard InChI is InChI=1S/C22H25N3O2/c1-2-25-13-12-21(27-22(25)26)17-24(15-18-8-4-3-5-9-18)16-20-11-7-6-10-19(20)14-23/h3-11,21H,2,12-13,15-17H2,1H3/t21-/m0/s1. The maximum Gasteiger partial charge on any atom is 0.410 e. The lowest BCUT2D eigenvalue weighted by Crippen LogP contribution is -2.45. The summed E-state index contributed by atoms with van der Waals surface area (Å²) < 4.78 is 5.63. The smallest absolute Gasteiger partial charge is 0.410 e. The van der Waals surface area contributed by atoms with Crippen molar-refractivity contribution in [1.82, 2.24) is 9.80 Å². The van der Waals surface area contributed by atoms with Gasteiger partial charge in [0.2, 0.25) is 0 Å². The third-order valence-electron chi connectivity index (χ3n) is 4.87. The van der Waals surface area contributed by atoms with Gasteiger partial charge < -0.3 is 9.64 Å². The monoisotopic (exact) mass is 363 g/mol. The van der Waals surface area contributed by atoms with E-state index in [9.17, 15) is 10.1 Å². The van der Waals surface area contributed by atoms with Crippen molar-refractivity contribution in [3.63, 3.8) is 0 Å². The van der Waals surface area contributed by atoms with Gasteiger partial charge in [-0.3, -0.25) is 4.90 Å². The molecule has 0 aromatic heterocycles. The molecule has 0 unspecified atom stereocenters. The minimum atomic E-state index is -0.231. The normalized spacial score (nSPS) is 16.9. The Balaban J connectivity index is 1.74. The van der Waals surface area contributed by atoms with Crippen molar-refractivity contribution in [2.75, 3.05) is 19.6 Å². The van der Waals surface area contributed by atoms with Crippen molar-refractivity contribution in [2.24, 2.45) is 0 Å². The lowest BCUT2D eigenvalue weighted by atomic mass is 10.1. The van der Waals surface area contributed by atoms with Gasteiger partial charge in [0.05, 0.1) is 11.6 Å². The largest absolute Gasteiger partial charge is 0.445 e. The summed E-state index contributed by atoms with van der Waals surface area (Å²) in [5.41, 5.74) is 2.88. The quantitative estimate of drug-likeness (QED) is 0.751. The zero-order valence-electron chi connectivity index (χ0n) is 15.7. The minimum absolute atomic E-state index is 0.127. The van der Waals surface area contributed by atoms with E-state index in [-0.39, 0.29) is 12.2 Å². The van der Waals surface area contributed by atoms with Crippen molar-refractivity contribution in [3.8, 4) is 6.07 Å². The van der Waals surface area contributed by atoms with Crippen molar-refractivity contribution in [1.29, 1.82) is 5.26 Å². The van der Waals surface area contributed by atoms with Gasteiger partial charge in [-0.1, -0.05) is 48.5 Å². The molecule has 0 aliphatic carbocycles. The third-order valence-corrected chi connectivity index (χ3v) is 4.87. The molecule has 1 aliphatic heterocycles. The second-order valence-corrected chi connectivity index (χ2v) is 6.80. The average Bonchev–Trinajstić information content (AvgIpc) is 2.69. The lowest BCUT2D eigenvalue weighted by molar-refractivity contribution is 0.00721. The number of nitrogens with zero attached hydrogens (tertiary/aromatic N) is 3. The number of carbonyl (C=O) groups is 1. The fourth-order valence-electron chi connectivity index (χ4n) is 3.41. The molecule has 1 saturated heterocycles. The number of carbonyl (C=O) groups excluding carboxylic acids is 1. The average molecular weight is 363 g/mol. The zero-order valence-corrected chi connectivity index (χ0v) is 15.7. The molecule has 0 N–H and O–H groups in total. The summed E-state index contributed by atoms with van der Waals surface area (Å²) in [6.45, 7) is 5.40. The second-order valence-electron chi connectivity index (χ2n) is 6.80. The molecule has 3 rings (SSSR count). The molecule has 2 aromatic rings. The van der Waals surface area contributed by atoms with Crippen LogP contribution in [0.3, 0.4) is 0 Å². The van der Waals surface area contributed by atoms with Crippen LogP contribution in [0.2, 0.25) is 0 Å². The number of hydrogen-bond donors (Lipinski definition) is 0. The van der Waals surface area contributed by atoms with Crippen LogP contribution in [0.15, 0.2) is 54.6 Å². The topological polar surface area (TPSA) is 56.6 Å². The first-order chi connectivity index (χ1) is 13.2. The van der Waals surface area contributed by atoms with Gasteiger partial charge in [0.25, 0.3) is 0 Å². The molecule has 0 radical (unpaired) electrons. The van der Waals surface area contributed by atoms with Crippen LogP contribution in [0.4, 0.5) is 4.79 Å². The predicted octanol–water partition coefficient (Wildman–Crippen LogP) is 3.79. The van der Waals surface area contributed by atoms with Crippen LogP contribution in [-0.2, 0) is 17.8 Å². The van der Waals surface area contributed by atoms with Gasteiger partial charge >= 0.3 is 6.09 Å². The molecule has 1 aliphatic rings. The fourth-order valence-corrected chi connectivity index (χ4v) is 3.41. The van der Waals surface area contributed by atoms with E-state index in [1.54, 1.807) is 4.90 Å². The van der Waals surface area contributed by atoms with Crippen LogP contribution in [0, 0.1) is 11.3 Å². The Bertz CT molecular complexity index is 801. The summed E-state index contributed by atoms with van der Waals surface area (Å²) in [7, 11) is 0. The molecule has 2 aromatic carbocycles. The molecule has 0 saturated carbocycles. The van der Waals surface area contributed by atoms with Crippen LogP contribution in [0.25, 0.3) is 0 Å². The van der Waals surface area contributed by atoms with Crippen LogP contribution in [0.5, 0.6) is 0 Å². The molecular weight excluding hydrogens is 338 g/mol. The maximum absolute atomic E-state index is 12.1. The van der Waals surface area contributed by atoms with Gasteiger partial charge in [0, 0.05) is 39.1 Å². The molecular formula is C22H25N3O2. The Labute approximate surface area is 160 Å². The molecule has 0 bridgehead atoms. The van der Waals surface area contributed by atoms with E-state index in [2.05, 4.69) is 23.1 Å². The first kappa shape index (κ1) is 18.9. The van der Waals surface area contributed by atoms with E-state index in [1.165, 1.54) is 5.56 Å². The Morgan fingerprint density at radius 1 is 1.15 bits per heavy atom. The second kappa shape index (κ2) is 9.20. The third kappa shape index (κ3) is 5.08. The van der Waals surface area contributed by atoms with Gasteiger partial charge in [0.1, 0.15) is 6.10 Å². The van der Waals surface area contributed by atoms with Gasteiger partial charge in [-0.05, 0) is 24.1 Å². The molecule has 5 nitrogen and oxygen atoms in total. The highest BCUT2D eigenvalue weighted by Gasteiger charge is 2.27. The maximum atomic E-state index is 12.1. The summed E-state index contributed by atoms with van der Waals surface area (Å²) in [5.74, 6) is 0. The Morgan fingerprint density at radius 3 is 2.59 bits per heavy atom. The Morgan fingerprint density at radius 2 is 1.89 bits per heavy atom. The van der Waals surface area contributed by atoms with Gasteiger partial charge in [-0.25, -0.2) is 4.79 Å². The van der Waals surface area contributed by atoms with Gasteiger partial charge in [0.15, 0.2) is 0 Å². The summed E-state index contributed by atoms with van der Waals surface area (Å²) >= 11 is 0. The molecule has 27 heavy (non-hydrogen) atoms. The van der Waals surface area contributed by atoms with Crippen LogP contribution >= 0.6 is 0 Å². The Hall–Kier alpha value is -2.84. The molecule has 1 amide bonds. The number of benzene rings is 2. The Kier molecular flexibility index (Phi) is 6.45. The number of amides is 1. The summed E-state index contributed by atoms with van der Waals surface area (Å²) in [5, 5.41) is 9.39. The van der Waals surface area contributed by atoms with E-state index in [0.29, 0.717) is 25.2 Å². The fraction of sp³-hybridized carbons (Fsp3) is 0.364. The number of rotatable bonds is 7. The van der Waals surface area contributed by atoms with Crippen LogP contribution in [-0.4, -0.2) is 41.6 Å². The van der Waals surface area contributed by atoms with Crippen molar-refractivity contribution >= 4 is 6.09 Å². The molecule has 140 valence electrons. The van der Waals surface area contributed by atoms with E-state index in [4.69, 9.17) is 4.74 Å². The van der Waals surface area contributed by atoms with Crippen molar-refractivity contribution < 1.29 is 9.53 Å². The molecule has 5 heteroatoms. The van der Waals surface area contributed by atoms with E-state index in [0.717, 1.165) is 25.1 Å². The highest BCUT2D eigenvalue weighted by atomic mass is 16.6.